The van der Waals surface area contributed by atoms with Crippen LogP contribution in [0.5, 0.6) is 0 Å². The fourth-order valence-electron chi connectivity index (χ4n) is 1.48. The Labute approximate surface area is 120 Å². The zero-order chi connectivity index (χ0) is 15.7. The molecule has 0 bridgehead atoms. The highest BCUT2D eigenvalue weighted by atomic mass is 19.4. The van der Waals surface area contributed by atoms with Crippen molar-refractivity contribution in [2.24, 2.45) is 0 Å². The van der Waals surface area contributed by atoms with Gasteiger partial charge in [0.2, 0.25) is 5.91 Å². The van der Waals surface area contributed by atoms with Crippen molar-refractivity contribution in [3.05, 3.63) is 29.8 Å². The lowest BCUT2D eigenvalue weighted by Crippen LogP contribution is -2.14. The Morgan fingerprint density at radius 2 is 1.90 bits per heavy atom. The lowest BCUT2D eigenvalue weighted by molar-refractivity contribution is -0.145. The molecule has 0 saturated heterocycles. The molecule has 0 aliphatic rings. The van der Waals surface area contributed by atoms with E-state index in [0.717, 1.165) is 0 Å². The Morgan fingerprint density at radius 1 is 1.24 bits per heavy atom. The van der Waals surface area contributed by atoms with Crippen molar-refractivity contribution in [2.75, 3.05) is 18.5 Å². The maximum Gasteiger partial charge on any atom is 0.391 e. The molecule has 1 aromatic carbocycles. The van der Waals surface area contributed by atoms with E-state index in [4.69, 9.17) is 10.00 Å². The van der Waals surface area contributed by atoms with Crippen LogP contribution in [0.3, 0.4) is 0 Å². The normalized spacial score (nSPS) is 11.0. The second-order valence-corrected chi connectivity index (χ2v) is 4.32. The van der Waals surface area contributed by atoms with Crippen LogP contribution >= 0.6 is 0 Å². The van der Waals surface area contributed by atoms with E-state index in [1.54, 1.807) is 24.3 Å². The number of nitriles is 1. The van der Waals surface area contributed by atoms with Crippen molar-refractivity contribution in [1.29, 1.82) is 5.26 Å². The van der Waals surface area contributed by atoms with Gasteiger partial charge in [-0.15, -0.1) is 0 Å². The first-order chi connectivity index (χ1) is 9.90. The summed E-state index contributed by atoms with van der Waals surface area (Å²) in [6, 6.07) is 8.34. The SMILES string of the molecule is N#Cc1ccc(NC(=O)CCCOCCC(F)(F)F)cc1. The lowest BCUT2D eigenvalue weighted by atomic mass is 10.2. The molecular weight excluding hydrogens is 285 g/mol. The highest BCUT2D eigenvalue weighted by Gasteiger charge is 2.26. The van der Waals surface area contributed by atoms with E-state index < -0.39 is 12.6 Å². The highest BCUT2D eigenvalue weighted by molar-refractivity contribution is 5.90. The van der Waals surface area contributed by atoms with Gasteiger partial charge in [0.25, 0.3) is 0 Å². The summed E-state index contributed by atoms with van der Waals surface area (Å²) in [5.74, 6) is -0.251. The van der Waals surface area contributed by atoms with Crippen LogP contribution in [0, 0.1) is 11.3 Å². The highest BCUT2D eigenvalue weighted by Crippen LogP contribution is 2.19. The maximum atomic E-state index is 11.8. The number of hydrogen-bond acceptors (Lipinski definition) is 3. The number of hydrogen-bond donors (Lipinski definition) is 1. The predicted octanol–water partition coefficient (Wildman–Crippen LogP) is 3.25. The second kappa shape index (κ2) is 8.27. The molecule has 0 spiro atoms. The minimum Gasteiger partial charge on any atom is -0.381 e. The Hall–Kier alpha value is -2.07. The van der Waals surface area contributed by atoms with Gasteiger partial charge in [0.05, 0.1) is 24.7 Å². The number of halogens is 3. The largest absolute Gasteiger partial charge is 0.391 e. The molecule has 0 aromatic heterocycles. The van der Waals surface area contributed by atoms with Gasteiger partial charge in [-0.25, -0.2) is 0 Å². The van der Waals surface area contributed by atoms with Gasteiger partial charge < -0.3 is 10.1 Å². The topological polar surface area (TPSA) is 62.1 Å². The van der Waals surface area contributed by atoms with E-state index in [1.807, 2.05) is 6.07 Å². The number of ether oxygens (including phenoxy) is 1. The summed E-state index contributed by atoms with van der Waals surface area (Å²) in [7, 11) is 0. The number of nitrogens with zero attached hydrogens (tertiary/aromatic N) is 1. The zero-order valence-electron chi connectivity index (χ0n) is 11.2. The summed E-state index contributed by atoms with van der Waals surface area (Å²) in [6.07, 6.45) is -4.69. The van der Waals surface area contributed by atoms with Gasteiger partial charge in [-0.1, -0.05) is 0 Å². The average Bonchev–Trinajstić information content (AvgIpc) is 2.42. The Morgan fingerprint density at radius 3 is 2.48 bits per heavy atom. The molecule has 0 aliphatic heterocycles. The minimum absolute atomic E-state index is 0.108. The Bertz CT molecular complexity index is 492. The van der Waals surface area contributed by atoms with E-state index in [2.05, 4.69) is 5.32 Å². The van der Waals surface area contributed by atoms with Crippen LogP contribution in [0.4, 0.5) is 18.9 Å². The third-order valence-electron chi connectivity index (χ3n) is 2.52. The van der Waals surface area contributed by atoms with E-state index in [0.29, 0.717) is 17.7 Å². The molecule has 1 amide bonds. The molecular formula is C14H15F3N2O2. The predicted molar refractivity (Wildman–Crippen MR) is 70.5 cm³/mol. The number of amides is 1. The van der Waals surface area contributed by atoms with Gasteiger partial charge in [-0.2, -0.15) is 18.4 Å². The third-order valence-corrected chi connectivity index (χ3v) is 2.52. The van der Waals surface area contributed by atoms with Crippen LogP contribution in [0.1, 0.15) is 24.8 Å². The second-order valence-electron chi connectivity index (χ2n) is 4.32. The van der Waals surface area contributed by atoms with E-state index in [9.17, 15) is 18.0 Å². The Kier molecular flexibility index (Phi) is 6.69. The molecule has 1 rings (SSSR count). The monoisotopic (exact) mass is 300 g/mol. The van der Waals surface area contributed by atoms with Gasteiger partial charge in [0.15, 0.2) is 0 Å². The summed E-state index contributed by atoms with van der Waals surface area (Å²) in [4.78, 5) is 11.5. The summed E-state index contributed by atoms with van der Waals surface area (Å²) >= 11 is 0. The molecule has 0 atom stereocenters. The van der Waals surface area contributed by atoms with Crippen molar-refractivity contribution in [3.8, 4) is 6.07 Å². The molecule has 7 heteroatoms. The molecule has 0 fully saturated rings. The van der Waals surface area contributed by atoms with Gasteiger partial charge in [0, 0.05) is 18.7 Å². The molecule has 0 unspecified atom stereocenters. The number of benzene rings is 1. The minimum atomic E-state index is -4.22. The summed E-state index contributed by atoms with van der Waals surface area (Å²) in [5, 5.41) is 11.3. The van der Waals surface area contributed by atoms with Gasteiger partial charge >= 0.3 is 6.18 Å². The first-order valence-corrected chi connectivity index (χ1v) is 6.35. The zero-order valence-corrected chi connectivity index (χ0v) is 11.2. The molecule has 0 radical (unpaired) electrons. The van der Waals surface area contributed by atoms with E-state index in [-0.39, 0.29) is 25.5 Å². The van der Waals surface area contributed by atoms with E-state index >= 15 is 0 Å². The third kappa shape index (κ3) is 7.95. The first kappa shape index (κ1) is 17.0. The van der Waals surface area contributed by atoms with Crippen LogP contribution < -0.4 is 5.32 Å². The maximum absolute atomic E-state index is 11.8. The number of carbonyl (C=O) groups is 1. The van der Waals surface area contributed by atoms with Crippen molar-refractivity contribution in [2.45, 2.75) is 25.4 Å². The molecule has 0 aliphatic carbocycles. The molecule has 0 heterocycles. The van der Waals surface area contributed by atoms with Crippen LogP contribution in [-0.4, -0.2) is 25.3 Å². The summed E-state index contributed by atoms with van der Waals surface area (Å²) in [6.45, 7) is -0.280. The fourth-order valence-corrected chi connectivity index (χ4v) is 1.48. The Balaban J connectivity index is 2.15. The van der Waals surface area contributed by atoms with Gasteiger partial charge in [-0.05, 0) is 30.7 Å². The number of carbonyl (C=O) groups excluding carboxylic acids is 1. The summed E-state index contributed by atoms with van der Waals surface area (Å²) in [5.41, 5.74) is 1.06. The van der Waals surface area contributed by atoms with Crippen LogP contribution in [-0.2, 0) is 9.53 Å². The molecule has 1 aromatic rings. The fraction of sp³-hybridized carbons (Fsp3) is 0.429. The summed E-state index contributed by atoms with van der Waals surface area (Å²) < 4.78 is 40.3. The molecule has 4 nitrogen and oxygen atoms in total. The van der Waals surface area contributed by atoms with Crippen LogP contribution in [0.15, 0.2) is 24.3 Å². The number of rotatable bonds is 7. The van der Waals surface area contributed by atoms with Crippen molar-refractivity contribution in [3.63, 3.8) is 0 Å². The van der Waals surface area contributed by atoms with Crippen LogP contribution in [0.2, 0.25) is 0 Å². The standard InChI is InChI=1S/C14H15F3N2O2/c15-14(16,17)7-9-21-8-1-2-13(20)19-12-5-3-11(10-18)4-6-12/h3-6H,1-2,7-9H2,(H,19,20). The average molecular weight is 300 g/mol. The first-order valence-electron chi connectivity index (χ1n) is 6.35. The number of alkyl halides is 3. The number of nitrogens with one attached hydrogen (secondary N) is 1. The van der Waals surface area contributed by atoms with Crippen molar-refractivity contribution < 1.29 is 22.7 Å². The van der Waals surface area contributed by atoms with Crippen molar-refractivity contribution in [1.82, 2.24) is 0 Å². The quantitative estimate of drug-likeness (QED) is 0.786. The smallest absolute Gasteiger partial charge is 0.381 e. The molecule has 1 N–H and O–H groups in total. The molecule has 21 heavy (non-hydrogen) atoms. The van der Waals surface area contributed by atoms with Crippen LogP contribution in [0.25, 0.3) is 0 Å². The van der Waals surface area contributed by atoms with Gasteiger partial charge in [-0.3, -0.25) is 4.79 Å². The number of anilines is 1. The van der Waals surface area contributed by atoms with Gasteiger partial charge in [0.1, 0.15) is 0 Å². The molecule has 0 saturated carbocycles. The molecule has 114 valence electrons. The van der Waals surface area contributed by atoms with Crippen molar-refractivity contribution >= 4 is 11.6 Å². The van der Waals surface area contributed by atoms with E-state index in [1.165, 1.54) is 0 Å². The lowest BCUT2D eigenvalue weighted by Gasteiger charge is -2.07.